The first-order chi connectivity index (χ1) is 16.1. The summed E-state index contributed by atoms with van der Waals surface area (Å²) < 4.78 is 48.3. The van der Waals surface area contributed by atoms with Crippen molar-refractivity contribution < 1.29 is 31.3 Å². The van der Waals surface area contributed by atoms with Gasteiger partial charge in [-0.3, -0.25) is 8.98 Å². The Morgan fingerprint density at radius 1 is 1.41 bits per heavy atom. The van der Waals surface area contributed by atoms with Crippen molar-refractivity contribution in [2.75, 3.05) is 11.9 Å². The van der Waals surface area contributed by atoms with E-state index in [0.29, 0.717) is 17.9 Å². The molecule has 11 nitrogen and oxygen atoms in total. The van der Waals surface area contributed by atoms with Crippen LogP contribution in [0.4, 0.5) is 10.2 Å². The van der Waals surface area contributed by atoms with Crippen LogP contribution in [-0.2, 0) is 21.0 Å². The summed E-state index contributed by atoms with van der Waals surface area (Å²) in [5, 5.41) is 18.0. The van der Waals surface area contributed by atoms with Crippen LogP contribution in [-0.4, -0.2) is 58.8 Å². The summed E-state index contributed by atoms with van der Waals surface area (Å²) in [6, 6.07) is 4.01. The zero-order valence-corrected chi connectivity index (χ0v) is 19.1. The van der Waals surface area contributed by atoms with Gasteiger partial charge in [-0.2, -0.15) is 8.42 Å². The van der Waals surface area contributed by atoms with Crippen molar-refractivity contribution in [2.45, 2.75) is 31.3 Å². The predicted octanol–water partition coefficient (Wildman–Crippen LogP) is 1.52. The number of alkyl halides is 1. The predicted molar refractivity (Wildman–Crippen MR) is 118 cm³/mol. The first kappa shape index (κ1) is 24.3. The second-order valence-corrected chi connectivity index (χ2v) is 9.45. The number of aromatic nitrogens is 3. The number of hydrogen-bond acceptors (Lipinski definition) is 9. The first-order valence-electron chi connectivity index (χ1n) is 10.1. The number of nitrogens with one attached hydrogen (secondary N) is 1. The van der Waals surface area contributed by atoms with Gasteiger partial charge in [0.05, 0.1) is 30.9 Å². The number of aliphatic hydroxyl groups excluding tert-OH is 1. The highest BCUT2D eigenvalue weighted by atomic mass is 35.5. The molecule has 0 aromatic carbocycles. The molecule has 4 N–H and O–H groups in total. The van der Waals surface area contributed by atoms with Crippen LogP contribution < -0.4 is 10.5 Å². The number of carbonyl (C=O) groups is 1. The highest BCUT2D eigenvalue weighted by Gasteiger charge is 2.44. The summed E-state index contributed by atoms with van der Waals surface area (Å²) in [6.45, 7) is -0.107. The van der Waals surface area contributed by atoms with Crippen molar-refractivity contribution >= 4 is 33.5 Å². The molecule has 0 aliphatic heterocycles. The molecule has 3 aromatic heterocycles. The average molecular weight is 514 g/mol. The van der Waals surface area contributed by atoms with Gasteiger partial charge in [-0.15, -0.1) is 0 Å². The van der Waals surface area contributed by atoms with Gasteiger partial charge in [-0.05, 0) is 36.2 Å². The molecular weight excluding hydrogens is 493 g/mol. The number of furan rings is 1. The van der Waals surface area contributed by atoms with Crippen LogP contribution >= 0.6 is 11.6 Å². The fraction of sp³-hybridized carbons (Fsp3) is 0.350. The van der Waals surface area contributed by atoms with Gasteiger partial charge in [-0.25, -0.2) is 19.5 Å². The molecule has 4 atom stereocenters. The smallest absolute Gasteiger partial charge is 0.333 e. The number of anilines is 1. The quantitative estimate of drug-likeness (QED) is 0.360. The van der Waals surface area contributed by atoms with Gasteiger partial charge in [0.25, 0.3) is 0 Å². The van der Waals surface area contributed by atoms with Gasteiger partial charge in [0.1, 0.15) is 24.1 Å². The number of ketones is 1. The van der Waals surface area contributed by atoms with E-state index >= 15 is 0 Å². The van der Waals surface area contributed by atoms with Crippen molar-refractivity contribution in [3.63, 3.8) is 0 Å². The van der Waals surface area contributed by atoms with Gasteiger partial charge < -0.3 is 19.4 Å². The second-order valence-electron chi connectivity index (χ2n) is 7.85. The maximum absolute atomic E-state index is 14.7. The van der Waals surface area contributed by atoms with Crippen molar-refractivity contribution in [1.29, 1.82) is 0 Å². The number of nitrogens with zero attached hydrogens (tertiary/aromatic N) is 3. The molecule has 34 heavy (non-hydrogen) atoms. The SMILES string of the molecule is NS(=O)(=O)OC[C@H]1C[C@@H](Nc2ncncc2C(=O)c2ccn(Cc3ccc(Cl)o3)c2)[C@@H](F)[C@@H]1O. The Morgan fingerprint density at radius 3 is 2.91 bits per heavy atom. The fourth-order valence-electron chi connectivity index (χ4n) is 3.81. The molecule has 14 heteroatoms. The summed E-state index contributed by atoms with van der Waals surface area (Å²) >= 11 is 5.78. The molecule has 0 bridgehead atoms. The van der Waals surface area contributed by atoms with Gasteiger partial charge in [0.15, 0.2) is 11.0 Å². The first-order valence-corrected chi connectivity index (χ1v) is 12.0. The van der Waals surface area contributed by atoms with Crippen molar-refractivity contribution in [1.82, 2.24) is 14.5 Å². The molecular formula is C20H21ClFN5O6S. The third kappa shape index (κ3) is 5.62. The Morgan fingerprint density at radius 2 is 2.21 bits per heavy atom. The van der Waals surface area contributed by atoms with E-state index in [1.807, 2.05) is 0 Å². The topological polar surface area (TPSA) is 163 Å². The zero-order chi connectivity index (χ0) is 24.5. The summed E-state index contributed by atoms with van der Waals surface area (Å²) in [6.07, 6.45) is 2.61. The van der Waals surface area contributed by atoms with Crippen LogP contribution in [0, 0.1) is 5.92 Å². The van der Waals surface area contributed by atoms with Crippen LogP contribution in [0.1, 0.15) is 28.1 Å². The largest absolute Gasteiger partial charge is 0.448 e. The molecule has 0 radical (unpaired) electrons. The van der Waals surface area contributed by atoms with Crippen LogP contribution in [0.5, 0.6) is 0 Å². The number of rotatable bonds is 9. The Labute approximate surface area is 199 Å². The lowest BCUT2D eigenvalue weighted by Crippen LogP contribution is -2.33. The minimum absolute atomic E-state index is 0.0254. The Balaban J connectivity index is 1.47. The minimum atomic E-state index is -4.23. The van der Waals surface area contributed by atoms with E-state index in [0.717, 1.165) is 0 Å². The van der Waals surface area contributed by atoms with Crippen LogP contribution in [0.3, 0.4) is 0 Å². The zero-order valence-electron chi connectivity index (χ0n) is 17.5. The molecule has 182 valence electrons. The highest BCUT2D eigenvalue weighted by Crippen LogP contribution is 2.32. The van der Waals surface area contributed by atoms with E-state index < -0.39 is 46.9 Å². The number of nitrogens with two attached hydrogens (primary N) is 1. The molecule has 3 aromatic rings. The van der Waals surface area contributed by atoms with E-state index in [4.69, 9.17) is 21.2 Å². The van der Waals surface area contributed by atoms with Crippen molar-refractivity contribution in [2.24, 2.45) is 11.1 Å². The molecule has 1 fully saturated rings. The Bertz CT molecular complexity index is 1280. The van der Waals surface area contributed by atoms with Crippen LogP contribution in [0.2, 0.25) is 5.22 Å². The van der Waals surface area contributed by atoms with Crippen molar-refractivity contribution in [3.05, 3.63) is 65.2 Å². The maximum Gasteiger partial charge on any atom is 0.333 e. The molecule has 1 saturated carbocycles. The monoisotopic (exact) mass is 513 g/mol. The highest BCUT2D eigenvalue weighted by molar-refractivity contribution is 7.84. The normalized spacial score (nSPS) is 22.7. The molecule has 0 unspecified atom stereocenters. The van der Waals surface area contributed by atoms with Crippen molar-refractivity contribution in [3.8, 4) is 0 Å². The summed E-state index contributed by atoms with van der Waals surface area (Å²) in [4.78, 5) is 21.1. The second kappa shape index (κ2) is 9.80. The number of hydrogen-bond donors (Lipinski definition) is 3. The standard InChI is InChI=1S/C20H21ClFN5O6S/c21-16-2-1-13(33-16)8-27-4-3-11(7-27)18(28)14-6-24-10-25-20(14)26-15-5-12(19(29)17(15)22)9-32-34(23,30)31/h1-4,6-7,10,12,15,17,19,29H,5,8-9H2,(H2,23,30,31)(H,24,25,26)/t12-,15-,17-,19-/m1/s1. The molecule has 0 spiro atoms. The van der Waals surface area contributed by atoms with Gasteiger partial charge in [-0.1, -0.05) is 0 Å². The molecule has 1 aliphatic carbocycles. The number of halogens is 2. The maximum atomic E-state index is 14.7. The third-order valence-electron chi connectivity index (χ3n) is 5.46. The molecule has 0 saturated heterocycles. The van der Waals surface area contributed by atoms with Gasteiger partial charge in [0.2, 0.25) is 0 Å². The average Bonchev–Trinajstić information content (AvgIpc) is 3.48. The molecule has 4 rings (SSSR count). The molecule has 0 amide bonds. The van der Waals surface area contributed by atoms with E-state index in [2.05, 4.69) is 19.5 Å². The van der Waals surface area contributed by atoms with E-state index in [1.54, 1.807) is 35.2 Å². The van der Waals surface area contributed by atoms with E-state index in [9.17, 15) is 22.7 Å². The number of carbonyl (C=O) groups excluding carboxylic acids is 1. The summed E-state index contributed by atoms with van der Waals surface area (Å²) in [5.74, 6) is -0.531. The van der Waals surface area contributed by atoms with E-state index in [-0.39, 0.29) is 23.0 Å². The lowest BCUT2D eigenvalue weighted by molar-refractivity contribution is 0.0501. The minimum Gasteiger partial charge on any atom is -0.448 e. The van der Waals surface area contributed by atoms with Crippen LogP contribution in [0.15, 0.2) is 47.5 Å². The van der Waals surface area contributed by atoms with Gasteiger partial charge >= 0.3 is 10.3 Å². The van der Waals surface area contributed by atoms with E-state index in [1.165, 1.54) is 12.5 Å². The third-order valence-corrected chi connectivity index (χ3v) is 6.12. The molecule has 1 aliphatic rings. The van der Waals surface area contributed by atoms with Gasteiger partial charge in [0, 0.05) is 30.1 Å². The summed E-state index contributed by atoms with van der Waals surface area (Å²) in [5.41, 5.74) is 0.449. The van der Waals surface area contributed by atoms with Crippen LogP contribution in [0.25, 0.3) is 0 Å². The summed E-state index contributed by atoms with van der Waals surface area (Å²) in [7, 11) is -4.23. The lowest BCUT2D eigenvalue weighted by Gasteiger charge is -2.18. The fourth-order valence-corrected chi connectivity index (χ4v) is 4.34. The Kier molecular flexibility index (Phi) is 7.00. The molecule has 3 heterocycles. The number of aliphatic hydroxyl groups is 1. The lowest BCUT2D eigenvalue weighted by atomic mass is 10.1. The Hall–Kier alpha value is -2.84.